The molecule has 2 radical (unpaired) electrons. The van der Waals surface area contributed by atoms with E-state index in [1.54, 1.807) is 0 Å². The molecule has 4 heteroatoms. The molecule has 0 aromatic heterocycles. The third kappa shape index (κ3) is 8.92. The molecular weight excluding hydrogens is 242 g/mol. The van der Waals surface area contributed by atoms with Crippen LogP contribution in [-0.4, -0.2) is 0 Å². The summed E-state index contributed by atoms with van der Waals surface area (Å²) < 4.78 is 0. The predicted octanol–water partition coefficient (Wildman–Crippen LogP) is -0.0100. The van der Waals surface area contributed by atoms with Crippen LogP contribution in [0, 0.1) is 0 Å². The molecule has 0 aliphatic heterocycles. The topological polar surface area (TPSA) is 0 Å². The molecule has 0 unspecified atom stereocenters. The van der Waals surface area contributed by atoms with Crippen LogP contribution in [0.1, 0.15) is 0 Å². The van der Waals surface area contributed by atoms with Crippen molar-refractivity contribution in [3.8, 4) is 0 Å². The van der Waals surface area contributed by atoms with Gasteiger partial charge in [0.1, 0.15) is 0 Å². The van der Waals surface area contributed by atoms with Crippen LogP contribution in [0.2, 0.25) is 0 Å². The minimum Gasteiger partial charge on any atom is 0 e. The first kappa shape index (κ1) is 35.6. The van der Waals surface area contributed by atoms with Crippen LogP contribution >= 0.6 is 0 Å². The van der Waals surface area contributed by atoms with Crippen molar-refractivity contribution in [2.24, 2.45) is 0 Å². The molecule has 0 N–H and O–H groups in total. The van der Waals surface area contributed by atoms with Gasteiger partial charge in [-0.1, -0.05) is 0 Å². The van der Waals surface area contributed by atoms with Crippen molar-refractivity contribution in [3.05, 3.63) is 0 Å². The van der Waals surface area contributed by atoms with Crippen molar-refractivity contribution in [2.45, 2.75) is 0 Å². The van der Waals surface area contributed by atoms with Gasteiger partial charge in [0.05, 0.1) is 0 Å². The summed E-state index contributed by atoms with van der Waals surface area (Å²) in [7, 11) is 0. The summed E-state index contributed by atoms with van der Waals surface area (Å²) in [5, 5.41) is 0. The summed E-state index contributed by atoms with van der Waals surface area (Å²) in [5.41, 5.74) is 0. The molecule has 0 atom stereocenters. The molecule has 0 saturated carbocycles. The van der Waals surface area contributed by atoms with Gasteiger partial charge in [-0.05, 0) is 0 Å². The van der Waals surface area contributed by atoms with Gasteiger partial charge in [-0.15, -0.1) is 0 Å². The van der Waals surface area contributed by atoms with E-state index in [4.69, 9.17) is 0 Å². The Labute approximate surface area is 68.9 Å². The molecule has 0 aromatic rings. The van der Waals surface area contributed by atoms with E-state index >= 15 is 0 Å². The van der Waals surface area contributed by atoms with Crippen molar-refractivity contribution >= 4 is 0 Å². The second-order valence-electron chi connectivity index (χ2n) is 0. The van der Waals surface area contributed by atoms with E-state index in [0.29, 0.717) is 0 Å². The molecule has 4 heavy (non-hydrogen) atoms. The standard InChI is InChI=1S/2Co.Ni.Zn. The van der Waals surface area contributed by atoms with E-state index in [-0.39, 0.29) is 69.5 Å². The zero-order valence-electron chi connectivity index (χ0n) is 1.69. The van der Waals surface area contributed by atoms with E-state index in [2.05, 4.69) is 0 Å². The van der Waals surface area contributed by atoms with E-state index in [0.717, 1.165) is 0 Å². The number of hydrogen-bond acceptors (Lipinski definition) is 0. The fourth-order valence-corrected chi connectivity index (χ4v) is 0. The SMILES string of the molecule is [Co].[Co].[Ni].[Zn]. The predicted molar refractivity (Wildman–Crippen MR) is 0 cm³/mol. The molecule has 0 rings (SSSR count). The third-order valence-corrected chi connectivity index (χ3v) is 0. The first-order valence-electron chi connectivity index (χ1n) is 0. The summed E-state index contributed by atoms with van der Waals surface area (Å²) in [6.45, 7) is 0. The normalized spacial score (nSPS) is 0. The summed E-state index contributed by atoms with van der Waals surface area (Å²) in [4.78, 5) is 0. The van der Waals surface area contributed by atoms with Gasteiger partial charge in [0.15, 0.2) is 0 Å². The van der Waals surface area contributed by atoms with Crippen LogP contribution in [0.4, 0.5) is 0 Å². The second kappa shape index (κ2) is 19.3. The van der Waals surface area contributed by atoms with Crippen molar-refractivity contribution in [3.63, 3.8) is 0 Å². The second-order valence-corrected chi connectivity index (χ2v) is 0. The summed E-state index contributed by atoms with van der Waals surface area (Å²) >= 11 is 0. The van der Waals surface area contributed by atoms with Gasteiger partial charge in [-0.2, -0.15) is 0 Å². The van der Waals surface area contributed by atoms with Crippen molar-refractivity contribution in [1.82, 2.24) is 0 Å². The fourth-order valence-electron chi connectivity index (χ4n) is 0. The Morgan fingerprint density at radius 2 is 0.750 bits per heavy atom. The Kier molecular flexibility index (Phi) is 171. The van der Waals surface area contributed by atoms with Gasteiger partial charge in [0.25, 0.3) is 0 Å². The molecule has 0 aromatic carbocycles. The molecule has 30 valence electrons. The van der Waals surface area contributed by atoms with E-state index in [1.165, 1.54) is 0 Å². The number of hydrogen-bond donors (Lipinski definition) is 0. The Hall–Kier alpha value is 2.13. The molecule has 0 nitrogen and oxygen atoms in total. The van der Waals surface area contributed by atoms with Crippen molar-refractivity contribution in [1.29, 1.82) is 0 Å². The summed E-state index contributed by atoms with van der Waals surface area (Å²) in [5.74, 6) is 0. The molecule has 0 spiro atoms. The van der Waals surface area contributed by atoms with Gasteiger partial charge < -0.3 is 0 Å². The van der Waals surface area contributed by atoms with E-state index in [9.17, 15) is 0 Å². The van der Waals surface area contributed by atoms with Crippen LogP contribution in [-0.2, 0) is 69.5 Å². The maximum absolute atomic E-state index is 0. The van der Waals surface area contributed by atoms with Gasteiger partial charge in [-0.25, -0.2) is 0 Å². The minimum atomic E-state index is 0. The Balaban J connectivity index is 0. The van der Waals surface area contributed by atoms with Crippen LogP contribution < -0.4 is 0 Å². The van der Waals surface area contributed by atoms with E-state index in [1.807, 2.05) is 0 Å². The van der Waals surface area contributed by atoms with Crippen LogP contribution in [0.5, 0.6) is 0 Å². The quantitative estimate of drug-likeness (QED) is 0.524. The third-order valence-electron chi connectivity index (χ3n) is 0. The molecule has 0 fully saturated rings. The molecule has 0 aliphatic carbocycles. The van der Waals surface area contributed by atoms with Gasteiger partial charge in [0.2, 0.25) is 0 Å². The molecular formula is Co2NiZn. The molecule has 0 heterocycles. The zero-order valence-corrected chi connectivity index (χ0v) is 7.73. The maximum atomic E-state index is 0. The van der Waals surface area contributed by atoms with Crippen molar-refractivity contribution < 1.29 is 69.5 Å². The van der Waals surface area contributed by atoms with Gasteiger partial charge in [-0.3, -0.25) is 0 Å². The van der Waals surface area contributed by atoms with Gasteiger partial charge >= 0.3 is 0 Å². The first-order chi connectivity index (χ1) is 0. The Morgan fingerprint density at radius 3 is 0.750 bits per heavy atom. The van der Waals surface area contributed by atoms with E-state index < -0.39 is 0 Å². The molecule has 0 amide bonds. The Bertz CT molecular complexity index is 6.00. The largest absolute Gasteiger partial charge is 0 e. The van der Waals surface area contributed by atoms with Gasteiger partial charge in [0, 0.05) is 69.5 Å². The van der Waals surface area contributed by atoms with Crippen LogP contribution in [0.15, 0.2) is 0 Å². The Morgan fingerprint density at radius 1 is 0.750 bits per heavy atom. The minimum absolute atomic E-state index is 0. The fraction of sp³-hybridized carbons (Fsp3) is 0. The van der Waals surface area contributed by atoms with Crippen LogP contribution in [0.25, 0.3) is 0 Å². The first-order valence-corrected chi connectivity index (χ1v) is 0. The molecule has 0 aliphatic rings. The number of rotatable bonds is 0. The molecule has 0 saturated heterocycles. The maximum Gasteiger partial charge on any atom is 0 e. The average molecular weight is 242 g/mol. The average Bonchev–Trinajstić information content (AvgIpc) is 0. The van der Waals surface area contributed by atoms with Crippen LogP contribution in [0.3, 0.4) is 0 Å². The summed E-state index contributed by atoms with van der Waals surface area (Å²) in [6.07, 6.45) is 0. The van der Waals surface area contributed by atoms with Crippen molar-refractivity contribution in [2.75, 3.05) is 0 Å². The molecule has 0 bridgehead atoms. The zero-order chi connectivity index (χ0) is 0. The summed E-state index contributed by atoms with van der Waals surface area (Å²) in [6, 6.07) is 0. The monoisotopic (exact) mass is 240 g/mol. The smallest absolute Gasteiger partial charge is 0 e.